The molecule has 0 aliphatic heterocycles. The van der Waals surface area contributed by atoms with E-state index in [1.54, 1.807) is 43.3 Å². The molecule has 0 amide bonds. The molecule has 0 saturated heterocycles. The molecule has 152 valence electrons. The van der Waals surface area contributed by atoms with Gasteiger partial charge in [0.25, 0.3) is 11.0 Å². The molecular formula is C24H21O5P. The second-order valence-electron chi connectivity index (χ2n) is 7.28. The van der Waals surface area contributed by atoms with Crippen molar-refractivity contribution in [1.29, 1.82) is 0 Å². The normalized spacial score (nSPS) is 12.8. The first-order valence-corrected chi connectivity index (χ1v) is 11.0. The van der Waals surface area contributed by atoms with Gasteiger partial charge in [-0.2, -0.15) is 0 Å². The predicted molar refractivity (Wildman–Crippen MR) is 115 cm³/mol. The number of benzene rings is 3. The van der Waals surface area contributed by atoms with Crippen LogP contribution in [0.5, 0.6) is 0 Å². The lowest BCUT2D eigenvalue weighted by Crippen LogP contribution is -2.12. The van der Waals surface area contributed by atoms with Crippen LogP contribution in [0.2, 0.25) is 0 Å². The molecular weight excluding hydrogens is 399 g/mol. The first kappa shape index (κ1) is 21.6. The van der Waals surface area contributed by atoms with E-state index in [0.29, 0.717) is 11.1 Å². The number of rotatable bonds is 6. The van der Waals surface area contributed by atoms with Gasteiger partial charge in [-0.1, -0.05) is 71.8 Å². The molecule has 0 heterocycles. The van der Waals surface area contributed by atoms with Crippen LogP contribution in [0.3, 0.4) is 0 Å². The third-order valence-corrected chi connectivity index (χ3v) is 6.51. The van der Waals surface area contributed by atoms with Gasteiger partial charge in [0.1, 0.15) is 0 Å². The molecule has 0 bridgehead atoms. The van der Waals surface area contributed by atoms with Crippen LogP contribution in [0.25, 0.3) is 0 Å². The van der Waals surface area contributed by atoms with Gasteiger partial charge < -0.3 is 4.89 Å². The van der Waals surface area contributed by atoms with Gasteiger partial charge in [0.05, 0.1) is 0 Å². The molecule has 6 heteroatoms. The van der Waals surface area contributed by atoms with Crippen LogP contribution in [0.1, 0.15) is 53.3 Å². The van der Waals surface area contributed by atoms with Gasteiger partial charge in [0.2, 0.25) is 0 Å². The zero-order chi connectivity index (χ0) is 22.1. The molecule has 0 radical (unpaired) electrons. The largest absolute Gasteiger partial charge is 0.337 e. The fourth-order valence-corrected chi connectivity index (χ4v) is 4.17. The van der Waals surface area contributed by atoms with E-state index >= 15 is 0 Å². The molecule has 0 aliphatic rings. The highest BCUT2D eigenvalue weighted by molar-refractivity contribution is 7.91. The number of carbonyl (C=O) groups excluding carboxylic acids is 3. The molecule has 3 aromatic carbocycles. The van der Waals surface area contributed by atoms with Crippen molar-refractivity contribution in [3.63, 3.8) is 0 Å². The Bertz CT molecular complexity index is 1190. The Balaban J connectivity index is 1.96. The van der Waals surface area contributed by atoms with E-state index in [1.165, 1.54) is 30.3 Å². The lowest BCUT2D eigenvalue weighted by atomic mass is 9.97. The molecule has 1 atom stereocenters. The Morgan fingerprint density at radius 2 is 1.10 bits per heavy atom. The number of hydrogen-bond donors (Lipinski definition) is 1. The minimum absolute atomic E-state index is 0.0112. The Morgan fingerprint density at radius 1 is 0.667 bits per heavy atom. The molecule has 30 heavy (non-hydrogen) atoms. The molecule has 0 spiro atoms. The summed E-state index contributed by atoms with van der Waals surface area (Å²) in [6, 6.07) is 17.2. The minimum atomic E-state index is -4.87. The summed E-state index contributed by atoms with van der Waals surface area (Å²) in [7, 11) is -4.87. The Labute approximate surface area is 174 Å². The minimum Gasteiger partial charge on any atom is -0.333 e. The molecule has 5 nitrogen and oxygen atoms in total. The highest BCUT2D eigenvalue weighted by atomic mass is 31.2. The van der Waals surface area contributed by atoms with Crippen molar-refractivity contribution in [3.8, 4) is 0 Å². The molecule has 0 aliphatic carbocycles. The zero-order valence-corrected chi connectivity index (χ0v) is 17.8. The SMILES string of the molecule is Cc1ccc(C(=O)c2cc(C(=O)P(=O)(O)C(=O)c3ccc(C)cc3)ccc2C)cc1. The maximum Gasteiger partial charge on any atom is 0.337 e. The van der Waals surface area contributed by atoms with E-state index in [4.69, 9.17) is 0 Å². The summed E-state index contributed by atoms with van der Waals surface area (Å²) in [5, 5.41) is 0. The fraction of sp³-hybridized carbons (Fsp3) is 0.125. The van der Waals surface area contributed by atoms with E-state index in [0.717, 1.165) is 11.1 Å². The number of carbonyl (C=O) groups is 3. The number of hydrogen-bond acceptors (Lipinski definition) is 4. The van der Waals surface area contributed by atoms with Crippen molar-refractivity contribution in [1.82, 2.24) is 0 Å². The zero-order valence-electron chi connectivity index (χ0n) is 16.9. The van der Waals surface area contributed by atoms with E-state index < -0.39 is 18.4 Å². The maximum absolute atomic E-state index is 12.9. The summed E-state index contributed by atoms with van der Waals surface area (Å²) in [5.74, 6) is -0.306. The van der Waals surface area contributed by atoms with Crippen molar-refractivity contribution in [3.05, 3.63) is 106 Å². The van der Waals surface area contributed by atoms with E-state index in [-0.39, 0.29) is 22.5 Å². The van der Waals surface area contributed by atoms with Gasteiger partial charge in [-0.15, -0.1) is 0 Å². The van der Waals surface area contributed by atoms with Crippen molar-refractivity contribution in [2.24, 2.45) is 0 Å². The molecule has 0 fully saturated rings. The smallest absolute Gasteiger partial charge is 0.333 e. The third kappa shape index (κ3) is 4.23. The standard InChI is InChI=1S/C24H21O5P/c1-15-4-9-18(10-5-15)22(25)21-14-20(13-8-17(21)3)24(27)30(28,29)23(26)19-11-6-16(2)7-12-19/h4-14H,1-3H3,(H,28,29). The van der Waals surface area contributed by atoms with Crippen LogP contribution in [0.15, 0.2) is 66.7 Å². The van der Waals surface area contributed by atoms with Crippen molar-refractivity contribution in [2.45, 2.75) is 20.8 Å². The topological polar surface area (TPSA) is 88.5 Å². The van der Waals surface area contributed by atoms with Gasteiger partial charge in [0.15, 0.2) is 5.78 Å². The van der Waals surface area contributed by atoms with Gasteiger partial charge in [0, 0.05) is 22.3 Å². The maximum atomic E-state index is 12.9. The Morgan fingerprint density at radius 3 is 1.63 bits per heavy atom. The van der Waals surface area contributed by atoms with Crippen LogP contribution in [-0.4, -0.2) is 21.7 Å². The van der Waals surface area contributed by atoms with Gasteiger partial charge in [-0.05, 0) is 32.4 Å². The van der Waals surface area contributed by atoms with Crippen molar-refractivity contribution < 1.29 is 23.8 Å². The highest BCUT2D eigenvalue weighted by Crippen LogP contribution is 2.47. The average Bonchev–Trinajstić information content (AvgIpc) is 2.73. The van der Waals surface area contributed by atoms with Gasteiger partial charge in [-0.3, -0.25) is 18.9 Å². The summed E-state index contributed by atoms with van der Waals surface area (Å²) in [6.45, 7) is 5.44. The average molecular weight is 420 g/mol. The molecule has 0 saturated carbocycles. The summed E-state index contributed by atoms with van der Waals surface area (Å²) < 4.78 is 12.7. The van der Waals surface area contributed by atoms with Crippen LogP contribution in [0, 0.1) is 20.8 Å². The van der Waals surface area contributed by atoms with E-state index in [2.05, 4.69) is 0 Å². The summed E-state index contributed by atoms with van der Waals surface area (Å²) in [4.78, 5) is 48.5. The van der Waals surface area contributed by atoms with Crippen LogP contribution in [-0.2, 0) is 4.57 Å². The number of aryl methyl sites for hydroxylation is 3. The van der Waals surface area contributed by atoms with E-state index in [9.17, 15) is 23.8 Å². The van der Waals surface area contributed by atoms with Crippen LogP contribution >= 0.6 is 7.37 Å². The Hall–Kier alpha value is -3.14. The van der Waals surface area contributed by atoms with Crippen molar-refractivity contribution in [2.75, 3.05) is 0 Å². The van der Waals surface area contributed by atoms with Crippen LogP contribution in [0.4, 0.5) is 0 Å². The lowest BCUT2D eigenvalue weighted by Gasteiger charge is -2.12. The van der Waals surface area contributed by atoms with E-state index in [1.807, 2.05) is 13.8 Å². The second-order valence-corrected chi connectivity index (χ2v) is 9.24. The molecule has 0 aromatic heterocycles. The predicted octanol–water partition coefficient (Wildman–Crippen LogP) is 5.09. The van der Waals surface area contributed by atoms with Crippen LogP contribution < -0.4 is 0 Å². The lowest BCUT2D eigenvalue weighted by molar-refractivity contribution is 0.101. The highest BCUT2D eigenvalue weighted by Gasteiger charge is 2.39. The molecule has 1 N–H and O–H groups in total. The summed E-state index contributed by atoms with van der Waals surface area (Å²) in [6.07, 6.45) is 0. The summed E-state index contributed by atoms with van der Waals surface area (Å²) in [5.41, 5.74) is 0.709. The summed E-state index contributed by atoms with van der Waals surface area (Å²) >= 11 is 0. The third-order valence-electron chi connectivity index (χ3n) is 4.89. The van der Waals surface area contributed by atoms with Gasteiger partial charge in [-0.25, -0.2) is 0 Å². The van der Waals surface area contributed by atoms with Crippen molar-refractivity contribution >= 4 is 24.2 Å². The van der Waals surface area contributed by atoms with Gasteiger partial charge >= 0.3 is 7.37 Å². The second kappa shape index (κ2) is 8.31. The Kier molecular flexibility index (Phi) is 5.97. The molecule has 3 aromatic rings. The first-order valence-electron chi connectivity index (χ1n) is 9.32. The number of ketones is 1. The fourth-order valence-electron chi connectivity index (χ4n) is 3.00. The molecule has 1 unspecified atom stereocenters. The quantitative estimate of drug-likeness (QED) is 0.443. The molecule has 3 rings (SSSR count). The monoisotopic (exact) mass is 420 g/mol. The first-order chi connectivity index (χ1) is 14.1.